The largest absolute Gasteiger partial charge is 0.497 e. The molecule has 30 heavy (non-hydrogen) atoms. The van der Waals surface area contributed by atoms with Crippen molar-refractivity contribution in [3.63, 3.8) is 0 Å². The summed E-state index contributed by atoms with van der Waals surface area (Å²) in [6, 6.07) is 2.62. The van der Waals surface area contributed by atoms with E-state index in [9.17, 15) is 18.0 Å². The van der Waals surface area contributed by atoms with Crippen molar-refractivity contribution >= 4 is 21.8 Å². The van der Waals surface area contributed by atoms with Crippen molar-refractivity contribution in [1.29, 1.82) is 0 Å². The Balaban J connectivity index is 1.96. The monoisotopic (exact) mass is 441 g/mol. The molecule has 0 aliphatic carbocycles. The molecule has 1 aromatic rings. The van der Waals surface area contributed by atoms with Gasteiger partial charge in [-0.1, -0.05) is 0 Å². The molecule has 0 radical (unpaired) electrons. The molecular weight excluding hydrogens is 414 g/mol. The molecule has 2 heterocycles. The molecule has 2 aliphatic rings. The van der Waals surface area contributed by atoms with Crippen LogP contribution in [0.5, 0.6) is 11.5 Å². The van der Waals surface area contributed by atoms with E-state index in [4.69, 9.17) is 14.2 Å². The summed E-state index contributed by atoms with van der Waals surface area (Å²) in [7, 11) is 0.197. The van der Waals surface area contributed by atoms with E-state index in [-0.39, 0.29) is 23.1 Å². The summed E-state index contributed by atoms with van der Waals surface area (Å²) in [6.45, 7) is 2.92. The van der Waals surface area contributed by atoms with E-state index in [2.05, 4.69) is 0 Å². The van der Waals surface area contributed by atoms with Crippen molar-refractivity contribution in [1.82, 2.24) is 14.1 Å². The standard InChI is InChI=1S/C19H27N3O7S/c1-13-18(23)21-8-7-20(9-10-27-2)19(24)15(21)12-22(13)30(25,26)17-11-14(28-3)5-6-16(17)29-4/h5-6,11,13,15H,7-10,12H2,1-4H3. The van der Waals surface area contributed by atoms with Gasteiger partial charge < -0.3 is 24.0 Å². The first-order valence-corrected chi connectivity index (χ1v) is 11.0. The molecular formula is C19H27N3O7S. The molecule has 2 saturated heterocycles. The number of benzene rings is 1. The average molecular weight is 442 g/mol. The molecule has 1 aromatic carbocycles. The highest BCUT2D eigenvalue weighted by Crippen LogP contribution is 2.34. The van der Waals surface area contributed by atoms with Gasteiger partial charge in [0.15, 0.2) is 0 Å². The van der Waals surface area contributed by atoms with Crippen LogP contribution in [0.15, 0.2) is 23.1 Å². The summed E-state index contributed by atoms with van der Waals surface area (Å²) in [4.78, 5) is 28.9. The highest BCUT2D eigenvalue weighted by Gasteiger charge is 2.49. The number of hydrogen-bond donors (Lipinski definition) is 0. The molecule has 166 valence electrons. The van der Waals surface area contributed by atoms with Crippen molar-refractivity contribution in [3.8, 4) is 11.5 Å². The van der Waals surface area contributed by atoms with Crippen LogP contribution in [0.2, 0.25) is 0 Å². The van der Waals surface area contributed by atoms with Crippen LogP contribution >= 0.6 is 0 Å². The Kier molecular flexibility index (Phi) is 6.53. The number of hydrogen-bond acceptors (Lipinski definition) is 7. The van der Waals surface area contributed by atoms with Gasteiger partial charge in [0.1, 0.15) is 28.5 Å². The van der Waals surface area contributed by atoms with Crippen LogP contribution in [0.4, 0.5) is 0 Å². The van der Waals surface area contributed by atoms with Crippen LogP contribution in [0.3, 0.4) is 0 Å². The maximum atomic E-state index is 13.5. The third-order valence-electron chi connectivity index (χ3n) is 5.53. The lowest BCUT2D eigenvalue weighted by Crippen LogP contribution is -2.69. The minimum absolute atomic E-state index is 0.114. The molecule has 2 unspecified atom stereocenters. The number of fused-ring (bicyclic) bond motifs is 1. The normalized spacial score (nSPS) is 22.8. The number of carbonyl (C=O) groups is 2. The minimum Gasteiger partial charge on any atom is -0.497 e. The van der Waals surface area contributed by atoms with E-state index < -0.39 is 28.0 Å². The highest BCUT2D eigenvalue weighted by atomic mass is 32.2. The van der Waals surface area contributed by atoms with E-state index in [0.29, 0.717) is 32.0 Å². The molecule has 2 fully saturated rings. The predicted molar refractivity (Wildman–Crippen MR) is 107 cm³/mol. The molecule has 0 saturated carbocycles. The second kappa shape index (κ2) is 8.78. The SMILES string of the molecule is COCCN1CCN2C(=O)C(C)N(S(=O)(=O)c3cc(OC)ccc3OC)CC2C1=O. The molecule has 2 atom stereocenters. The molecule has 3 rings (SSSR count). The van der Waals surface area contributed by atoms with Gasteiger partial charge in [-0.15, -0.1) is 0 Å². The first kappa shape index (κ1) is 22.3. The summed E-state index contributed by atoms with van der Waals surface area (Å²) in [5, 5.41) is 0. The molecule has 11 heteroatoms. The third kappa shape index (κ3) is 3.84. The van der Waals surface area contributed by atoms with Gasteiger partial charge in [-0.25, -0.2) is 8.42 Å². The Hall–Kier alpha value is -2.37. The average Bonchev–Trinajstić information content (AvgIpc) is 2.75. The van der Waals surface area contributed by atoms with Crippen LogP contribution in [0.1, 0.15) is 6.92 Å². The van der Waals surface area contributed by atoms with Crippen molar-refractivity contribution in [2.24, 2.45) is 0 Å². The zero-order chi connectivity index (χ0) is 22.1. The number of nitrogens with zero attached hydrogens (tertiary/aromatic N) is 3. The second-order valence-electron chi connectivity index (χ2n) is 7.13. The fourth-order valence-corrected chi connectivity index (χ4v) is 5.58. The van der Waals surface area contributed by atoms with Gasteiger partial charge in [0.05, 0.1) is 20.8 Å². The highest BCUT2D eigenvalue weighted by molar-refractivity contribution is 7.89. The summed E-state index contributed by atoms with van der Waals surface area (Å²) in [5.41, 5.74) is 0. The lowest BCUT2D eigenvalue weighted by atomic mass is 10.0. The summed E-state index contributed by atoms with van der Waals surface area (Å²) >= 11 is 0. The molecule has 2 aliphatic heterocycles. The molecule has 2 amide bonds. The number of piperazine rings is 2. The maximum absolute atomic E-state index is 13.5. The van der Waals surface area contributed by atoms with Crippen LogP contribution in [0.25, 0.3) is 0 Å². The summed E-state index contributed by atoms with van der Waals surface area (Å²) in [5.74, 6) is -0.200. The van der Waals surface area contributed by atoms with Gasteiger partial charge >= 0.3 is 0 Å². The first-order valence-electron chi connectivity index (χ1n) is 9.58. The van der Waals surface area contributed by atoms with Gasteiger partial charge in [0.2, 0.25) is 21.8 Å². The van der Waals surface area contributed by atoms with Gasteiger partial charge in [0, 0.05) is 39.4 Å². The van der Waals surface area contributed by atoms with E-state index in [0.717, 1.165) is 4.31 Å². The van der Waals surface area contributed by atoms with Crippen LogP contribution in [-0.2, 0) is 24.3 Å². The fourth-order valence-electron chi connectivity index (χ4n) is 3.81. The van der Waals surface area contributed by atoms with E-state index in [1.165, 1.54) is 38.2 Å². The molecule has 10 nitrogen and oxygen atoms in total. The van der Waals surface area contributed by atoms with Crippen molar-refractivity contribution in [2.45, 2.75) is 23.9 Å². The molecule has 0 aromatic heterocycles. The van der Waals surface area contributed by atoms with Gasteiger partial charge in [-0.05, 0) is 19.1 Å². The van der Waals surface area contributed by atoms with Crippen molar-refractivity contribution in [2.75, 3.05) is 54.1 Å². The van der Waals surface area contributed by atoms with E-state index in [1.807, 2.05) is 0 Å². The smallest absolute Gasteiger partial charge is 0.247 e. The minimum atomic E-state index is -4.14. The zero-order valence-electron chi connectivity index (χ0n) is 17.5. The number of sulfonamides is 1. The van der Waals surface area contributed by atoms with Crippen LogP contribution in [-0.4, -0.2) is 101 Å². The topological polar surface area (TPSA) is 106 Å². The lowest BCUT2D eigenvalue weighted by Gasteiger charge is -2.47. The Morgan fingerprint density at radius 3 is 2.43 bits per heavy atom. The lowest BCUT2D eigenvalue weighted by molar-refractivity contribution is -0.158. The fraction of sp³-hybridized carbons (Fsp3) is 0.579. The van der Waals surface area contributed by atoms with Gasteiger partial charge in [-0.3, -0.25) is 9.59 Å². The Morgan fingerprint density at radius 2 is 1.80 bits per heavy atom. The number of ether oxygens (including phenoxy) is 3. The third-order valence-corrected chi connectivity index (χ3v) is 7.49. The quantitative estimate of drug-likeness (QED) is 0.576. The van der Waals surface area contributed by atoms with E-state index >= 15 is 0 Å². The predicted octanol–water partition coefficient (Wildman–Crippen LogP) is -0.218. The summed E-state index contributed by atoms with van der Waals surface area (Å²) < 4.78 is 43.5. The van der Waals surface area contributed by atoms with Crippen molar-refractivity contribution < 1.29 is 32.2 Å². The molecule has 0 spiro atoms. The van der Waals surface area contributed by atoms with Crippen LogP contribution < -0.4 is 9.47 Å². The number of methoxy groups -OCH3 is 3. The second-order valence-corrected chi connectivity index (χ2v) is 8.99. The number of rotatable bonds is 7. The van der Waals surface area contributed by atoms with Crippen molar-refractivity contribution in [3.05, 3.63) is 18.2 Å². The zero-order valence-corrected chi connectivity index (χ0v) is 18.3. The number of amides is 2. The van der Waals surface area contributed by atoms with Crippen LogP contribution in [0, 0.1) is 0 Å². The number of carbonyl (C=O) groups excluding carboxylic acids is 2. The molecule has 0 bridgehead atoms. The Morgan fingerprint density at radius 1 is 1.07 bits per heavy atom. The Bertz CT molecular complexity index is 921. The maximum Gasteiger partial charge on any atom is 0.247 e. The first-order chi connectivity index (χ1) is 14.3. The summed E-state index contributed by atoms with van der Waals surface area (Å²) in [6.07, 6.45) is 0. The van der Waals surface area contributed by atoms with Gasteiger partial charge in [0.25, 0.3) is 0 Å². The Labute approximate surface area is 176 Å². The van der Waals surface area contributed by atoms with Gasteiger partial charge in [-0.2, -0.15) is 4.31 Å². The molecule has 0 N–H and O–H groups in total. The van der Waals surface area contributed by atoms with E-state index in [1.54, 1.807) is 18.1 Å².